The number of hydrogen-bond acceptors (Lipinski definition) is 6. The highest BCUT2D eigenvalue weighted by Crippen LogP contribution is 2.24. The lowest BCUT2D eigenvalue weighted by Crippen LogP contribution is -2.42. The van der Waals surface area contributed by atoms with Crippen LogP contribution in [-0.4, -0.2) is 30.6 Å². The van der Waals surface area contributed by atoms with Gasteiger partial charge in [-0.2, -0.15) is 10.2 Å². The van der Waals surface area contributed by atoms with E-state index in [4.69, 9.17) is 0 Å². The molecule has 2 atom stereocenters. The third-order valence-corrected chi connectivity index (χ3v) is 7.14. The summed E-state index contributed by atoms with van der Waals surface area (Å²) in [4.78, 5) is 0. The van der Waals surface area contributed by atoms with E-state index < -0.39 is 20.6 Å². The maximum absolute atomic E-state index is 13.0. The van der Waals surface area contributed by atoms with Crippen LogP contribution in [-0.2, 0) is 9.84 Å². The van der Waals surface area contributed by atoms with E-state index in [0.29, 0.717) is 12.8 Å². The maximum Gasteiger partial charge on any atom is 0.195 e. The molecular weight excluding hydrogens is 360 g/mol. The number of hydrazone groups is 2. The Balaban J connectivity index is 1.44. The summed E-state index contributed by atoms with van der Waals surface area (Å²) < 4.78 is 26.1. The lowest BCUT2D eigenvalue weighted by Gasteiger charge is -2.17. The number of rotatable bonds is 4. The highest BCUT2D eigenvalue weighted by atomic mass is 32.2. The fraction of sp³-hybridized carbons (Fsp3) is 0.300. The Morgan fingerprint density at radius 2 is 1.11 bits per heavy atom. The van der Waals surface area contributed by atoms with Crippen LogP contribution in [0.25, 0.3) is 0 Å². The normalized spacial score (nSPS) is 22.0. The fourth-order valence-corrected chi connectivity index (χ4v) is 4.84. The number of nitrogens with one attached hydrogen (secondary N) is 2. The summed E-state index contributed by atoms with van der Waals surface area (Å²) in [5, 5.41) is 7.05. The Hall–Kier alpha value is -2.67. The van der Waals surface area contributed by atoms with Gasteiger partial charge in [0.15, 0.2) is 20.6 Å². The third kappa shape index (κ3) is 3.47. The Bertz CT molecular complexity index is 931. The van der Waals surface area contributed by atoms with E-state index >= 15 is 0 Å². The molecule has 27 heavy (non-hydrogen) atoms. The minimum atomic E-state index is -3.49. The van der Waals surface area contributed by atoms with Gasteiger partial charge < -0.3 is 0 Å². The van der Waals surface area contributed by atoms with E-state index in [-0.39, 0.29) is 0 Å². The lowest BCUT2D eigenvalue weighted by molar-refractivity contribution is 0.541. The third-order valence-electron chi connectivity index (χ3n) is 5.01. The Morgan fingerprint density at radius 1 is 0.741 bits per heavy atom. The first kappa shape index (κ1) is 17.7. The minimum absolute atomic E-state index is 0.351. The van der Waals surface area contributed by atoms with Gasteiger partial charge in [0, 0.05) is 12.8 Å². The summed E-state index contributed by atoms with van der Waals surface area (Å²) in [6.07, 6.45) is 0.701. The van der Waals surface area contributed by atoms with Gasteiger partial charge in [-0.3, -0.25) is 10.9 Å². The summed E-state index contributed by atoms with van der Waals surface area (Å²) in [5.74, 6) is 0. The Labute approximate surface area is 159 Å². The van der Waals surface area contributed by atoms with Gasteiger partial charge in [0.2, 0.25) is 0 Å². The number of nitrogens with zero attached hydrogens (tertiary/aromatic N) is 2. The van der Waals surface area contributed by atoms with Crippen LogP contribution in [0.5, 0.6) is 0 Å². The van der Waals surface area contributed by atoms with Gasteiger partial charge in [-0.1, -0.05) is 59.7 Å². The van der Waals surface area contributed by atoms with Crippen LogP contribution in [0.3, 0.4) is 0 Å². The largest absolute Gasteiger partial charge is 0.291 e. The zero-order chi connectivity index (χ0) is 19.0. The monoisotopic (exact) mass is 382 g/mol. The molecule has 2 aromatic carbocycles. The zero-order valence-corrected chi connectivity index (χ0v) is 16.1. The van der Waals surface area contributed by atoms with Crippen molar-refractivity contribution in [3.8, 4) is 0 Å². The van der Waals surface area contributed by atoms with Crippen molar-refractivity contribution < 1.29 is 8.42 Å². The van der Waals surface area contributed by atoms with Crippen molar-refractivity contribution in [1.82, 2.24) is 10.9 Å². The molecule has 6 nitrogen and oxygen atoms in total. The van der Waals surface area contributed by atoms with Crippen LogP contribution in [0.15, 0.2) is 58.7 Å². The van der Waals surface area contributed by atoms with Crippen molar-refractivity contribution in [2.75, 3.05) is 0 Å². The summed E-state index contributed by atoms with van der Waals surface area (Å²) in [5.41, 5.74) is 11.4. The van der Waals surface area contributed by atoms with Crippen molar-refractivity contribution in [2.45, 2.75) is 37.4 Å². The highest BCUT2D eigenvalue weighted by molar-refractivity contribution is 7.92. The van der Waals surface area contributed by atoms with E-state index in [1.165, 1.54) is 0 Å². The van der Waals surface area contributed by atoms with Crippen LogP contribution in [0.4, 0.5) is 0 Å². The molecule has 0 aliphatic carbocycles. The van der Waals surface area contributed by atoms with Crippen molar-refractivity contribution >= 4 is 21.3 Å². The molecule has 0 radical (unpaired) electrons. The number of sulfone groups is 1. The molecule has 2 N–H and O–H groups in total. The minimum Gasteiger partial charge on any atom is -0.291 e. The van der Waals surface area contributed by atoms with Gasteiger partial charge in [-0.25, -0.2) is 8.42 Å². The molecule has 7 heteroatoms. The van der Waals surface area contributed by atoms with E-state index in [2.05, 4.69) is 21.1 Å². The molecule has 140 valence electrons. The van der Waals surface area contributed by atoms with Crippen LogP contribution < -0.4 is 10.9 Å². The molecule has 0 spiro atoms. The number of benzene rings is 2. The number of hydrogen-bond donors (Lipinski definition) is 2. The first-order valence-electron chi connectivity index (χ1n) is 8.94. The fourth-order valence-electron chi connectivity index (χ4n) is 3.27. The van der Waals surface area contributed by atoms with Crippen LogP contribution >= 0.6 is 0 Å². The van der Waals surface area contributed by atoms with Gasteiger partial charge in [0.25, 0.3) is 0 Å². The predicted octanol–water partition coefficient (Wildman–Crippen LogP) is 2.47. The first-order chi connectivity index (χ1) is 12.9. The smallest absolute Gasteiger partial charge is 0.195 e. The first-order valence-corrected chi connectivity index (χ1v) is 10.6. The maximum atomic E-state index is 13.0. The summed E-state index contributed by atoms with van der Waals surface area (Å²) >= 11 is 0. The Morgan fingerprint density at radius 3 is 1.48 bits per heavy atom. The molecule has 0 bridgehead atoms. The summed E-state index contributed by atoms with van der Waals surface area (Å²) in [6, 6.07) is 15.9. The van der Waals surface area contributed by atoms with E-state index in [0.717, 1.165) is 33.7 Å². The molecule has 0 saturated heterocycles. The molecule has 2 heterocycles. The second kappa shape index (κ2) is 6.81. The van der Waals surface area contributed by atoms with Gasteiger partial charge in [-0.05, 0) is 25.0 Å². The molecule has 2 aliphatic heterocycles. The van der Waals surface area contributed by atoms with Gasteiger partial charge >= 0.3 is 0 Å². The average molecular weight is 382 g/mol. The van der Waals surface area contributed by atoms with Crippen LogP contribution in [0.1, 0.15) is 35.1 Å². The van der Waals surface area contributed by atoms with Gasteiger partial charge in [0.1, 0.15) is 0 Å². The lowest BCUT2D eigenvalue weighted by atomic mass is 10.1. The van der Waals surface area contributed by atoms with E-state index in [9.17, 15) is 8.42 Å². The summed E-state index contributed by atoms with van der Waals surface area (Å²) in [6.45, 7) is 4.03. The number of aryl methyl sites for hydroxylation is 2. The quantitative estimate of drug-likeness (QED) is 0.851. The highest BCUT2D eigenvalue weighted by Gasteiger charge is 2.40. The van der Waals surface area contributed by atoms with Crippen LogP contribution in [0, 0.1) is 13.8 Å². The molecule has 0 saturated carbocycles. The molecule has 0 fully saturated rings. The molecule has 2 unspecified atom stereocenters. The predicted molar refractivity (Wildman–Crippen MR) is 107 cm³/mol. The van der Waals surface area contributed by atoms with Crippen LogP contribution in [0.2, 0.25) is 0 Å². The Kier molecular flexibility index (Phi) is 4.47. The SMILES string of the molecule is Cc1ccc(C2=NNC(S(=O)(=O)C3CC(c4ccc(C)cc4)=NN3)C2)cc1. The second-order valence-electron chi connectivity index (χ2n) is 7.08. The zero-order valence-electron chi connectivity index (χ0n) is 15.3. The second-order valence-corrected chi connectivity index (χ2v) is 9.40. The van der Waals surface area contributed by atoms with Gasteiger partial charge in [-0.15, -0.1) is 0 Å². The molecule has 4 rings (SSSR count). The molecule has 0 amide bonds. The van der Waals surface area contributed by atoms with Crippen molar-refractivity contribution in [1.29, 1.82) is 0 Å². The van der Waals surface area contributed by atoms with E-state index in [1.807, 2.05) is 62.4 Å². The van der Waals surface area contributed by atoms with E-state index in [1.54, 1.807) is 0 Å². The van der Waals surface area contributed by atoms with Crippen molar-refractivity contribution in [3.05, 3.63) is 70.8 Å². The molecule has 2 aromatic rings. The molecule has 2 aliphatic rings. The molecule has 0 aromatic heterocycles. The van der Waals surface area contributed by atoms with Crippen molar-refractivity contribution in [3.63, 3.8) is 0 Å². The molecular formula is C20H22N4O2S. The topological polar surface area (TPSA) is 82.9 Å². The standard InChI is InChI=1S/C20H22N4O2S/c1-13-3-7-15(8-4-13)17-11-19(23-21-17)27(25,26)20-12-18(22-24-20)16-9-5-14(2)6-10-16/h3-10,19-20,23-24H,11-12H2,1-2H3. The average Bonchev–Trinajstić information content (AvgIpc) is 3.34. The van der Waals surface area contributed by atoms with Crippen molar-refractivity contribution in [2.24, 2.45) is 10.2 Å². The van der Waals surface area contributed by atoms with Gasteiger partial charge in [0.05, 0.1) is 11.4 Å². The summed E-state index contributed by atoms with van der Waals surface area (Å²) in [7, 11) is -3.49.